The fourth-order valence-electron chi connectivity index (χ4n) is 3.03. The normalized spacial score (nSPS) is 17.0. The second-order valence-electron chi connectivity index (χ2n) is 7.33. The second-order valence-corrected chi connectivity index (χ2v) is 9.74. The third-order valence-electron chi connectivity index (χ3n) is 5.07. The third-order valence-corrected chi connectivity index (χ3v) is 7.34. The van der Waals surface area contributed by atoms with Gasteiger partial charge < -0.3 is 5.32 Å². The van der Waals surface area contributed by atoms with E-state index >= 15 is 0 Å². The average Bonchev–Trinajstić information content (AvgIpc) is 3.14. The maximum Gasteiger partial charge on any atom is 0.234 e. The molecule has 0 saturated heterocycles. The van der Waals surface area contributed by atoms with E-state index in [0.29, 0.717) is 0 Å². The number of thiophene rings is 1. The number of hydrogen-bond acceptors (Lipinski definition) is 6. The highest BCUT2D eigenvalue weighted by atomic mass is 32.2. The van der Waals surface area contributed by atoms with Crippen LogP contribution in [0.4, 0.5) is 0 Å². The highest BCUT2D eigenvalue weighted by Crippen LogP contribution is 2.41. The molecule has 2 atom stereocenters. The van der Waals surface area contributed by atoms with E-state index in [1.54, 1.807) is 18.3 Å². The van der Waals surface area contributed by atoms with Gasteiger partial charge in [0.25, 0.3) is 0 Å². The zero-order chi connectivity index (χ0) is 19.1. The van der Waals surface area contributed by atoms with E-state index in [1.165, 1.54) is 28.6 Å². The number of thioether (sulfide) groups is 1. The number of nitrogens with zero attached hydrogens (tertiary/aromatic N) is 3. The highest BCUT2D eigenvalue weighted by Gasteiger charge is 2.32. The minimum Gasteiger partial charge on any atom is -0.337 e. The monoisotopic (exact) mass is 388 g/mol. The van der Waals surface area contributed by atoms with E-state index < -0.39 is 5.54 Å². The molecule has 1 aliphatic rings. The maximum absolute atomic E-state index is 12.7. The van der Waals surface area contributed by atoms with Crippen LogP contribution in [-0.4, -0.2) is 26.7 Å². The molecule has 0 spiro atoms. The van der Waals surface area contributed by atoms with Crippen molar-refractivity contribution >= 4 is 39.2 Å². The number of amides is 1. The largest absolute Gasteiger partial charge is 0.337 e. The number of carbonyl (C=O) groups is 1. The number of rotatable bonds is 5. The number of aryl methyl sites for hydroxylation is 3. The first-order valence-corrected chi connectivity index (χ1v) is 10.6. The minimum absolute atomic E-state index is 0.0294. The van der Waals surface area contributed by atoms with Crippen molar-refractivity contribution in [2.45, 2.75) is 69.7 Å². The van der Waals surface area contributed by atoms with Gasteiger partial charge in [0.05, 0.1) is 11.3 Å². The lowest BCUT2D eigenvalue weighted by atomic mass is 9.90. The van der Waals surface area contributed by atoms with Crippen LogP contribution < -0.4 is 5.32 Å². The van der Waals surface area contributed by atoms with E-state index in [-0.39, 0.29) is 17.1 Å². The van der Waals surface area contributed by atoms with E-state index in [1.807, 2.05) is 27.7 Å². The number of carbonyl (C=O) groups excluding carboxylic acids is 1. The van der Waals surface area contributed by atoms with Gasteiger partial charge in [0.2, 0.25) is 5.91 Å². The van der Waals surface area contributed by atoms with Gasteiger partial charge in [-0.15, -0.1) is 11.3 Å². The lowest BCUT2D eigenvalue weighted by Gasteiger charge is -2.28. The van der Waals surface area contributed by atoms with Gasteiger partial charge in [-0.1, -0.05) is 25.6 Å². The molecule has 26 heavy (non-hydrogen) atoms. The summed E-state index contributed by atoms with van der Waals surface area (Å²) in [4.78, 5) is 24.4. The van der Waals surface area contributed by atoms with Gasteiger partial charge in [-0.25, -0.2) is 9.97 Å². The predicted molar refractivity (Wildman–Crippen MR) is 106 cm³/mol. The van der Waals surface area contributed by atoms with Crippen molar-refractivity contribution in [3.8, 4) is 6.07 Å². The molecule has 2 aromatic rings. The Bertz CT molecular complexity index is 899. The molecule has 0 radical (unpaired) electrons. The van der Waals surface area contributed by atoms with Crippen LogP contribution in [0, 0.1) is 24.2 Å². The van der Waals surface area contributed by atoms with Crippen molar-refractivity contribution in [1.82, 2.24) is 15.3 Å². The Balaban J connectivity index is 1.87. The Kier molecular flexibility index (Phi) is 5.27. The molecule has 0 saturated carbocycles. The fourth-order valence-corrected chi connectivity index (χ4v) is 5.42. The molecule has 2 aromatic heterocycles. The van der Waals surface area contributed by atoms with E-state index in [2.05, 4.69) is 21.4 Å². The number of hydrogen-bond donors (Lipinski definition) is 1. The van der Waals surface area contributed by atoms with E-state index in [4.69, 9.17) is 0 Å². The molecule has 7 heteroatoms. The lowest BCUT2D eigenvalue weighted by Crippen LogP contribution is -2.51. The van der Waals surface area contributed by atoms with Gasteiger partial charge in [-0.05, 0) is 51.5 Å². The molecule has 5 nitrogen and oxygen atoms in total. The Hall–Kier alpha value is -1.65. The Morgan fingerprint density at radius 1 is 1.35 bits per heavy atom. The first kappa shape index (κ1) is 19.1. The van der Waals surface area contributed by atoms with Crippen molar-refractivity contribution in [2.75, 3.05) is 0 Å². The number of nitriles is 1. The third kappa shape index (κ3) is 3.45. The van der Waals surface area contributed by atoms with E-state index in [0.717, 1.165) is 33.9 Å². The van der Waals surface area contributed by atoms with Gasteiger partial charge in [0.1, 0.15) is 21.2 Å². The molecule has 1 N–H and O–H groups in total. The summed E-state index contributed by atoms with van der Waals surface area (Å²) < 4.78 is 0. The van der Waals surface area contributed by atoms with Gasteiger partial charge in [-0.3, -0.25) is 4.79 Å². The molecular weight excluding hydrogens is 364 g/mol. The maximum atomic E-state index is 12.7. The summed E-state index contributed by atoms with van der Waals surface area (Å²) in [5.74, 6) is 0.627. The van der Waals surface area contributed by atoms with Crippen LogP contribution in [-0.2, 0) is 17.6 Å². The summed E-state index contributed by atoms with van der Waals surface area (Å²) in [5.41, 5.74) is 0.496. The molecule has 138 valence electrons. The Morgan fingerprint density at radius 3 is 2.73 bits per heavy atom. The first-order valence-electron chi connectivity index (χ1n) is 8.94. The SMILES string of the molecule is Cc1nc(S[C@H](C)C(=O)N[C@](C)(C#N)C(C)C)c2c3c(sc2n1)CCC3. The number of aromatic nitrogens is 2. The zero-order valence-electron chi connectivity index (χ0n) is 15.8. The molecule has 1 aliphatic carbocycles. The Labute approximate surface area is 162 Å². The quantitative estimate of drug-likeness (QED) is 0.618. The summed E-state index contributed by atoms with van der Waals surface area (Å²) in [6.45, 7) is 9.41. The molecule has 0 bridgehead atoms. The smallest absolute Gasteiger partial charge is 0.234 e. The molecule has 0 fully saturated rings. The summed E-state index contributed by atoms with van der Waals surface area (Å²) in [6.07, 6.45) is 3.36. The van der Waals surface area contributed by atoms with Crippen molar-refractivity contribution in [2.24, 2.45) is 5.92 Å². The molecule has 0 aromatic carbocycles. The number of nitrogens with one attached hydrogen (secondary N) is 1. The average molecular weight is 389 g/mol. The van der Waals surface area contributed by atoms with Crippen LogP contribution >= 0.6 is 23.1 Å². The van der Waals surface area contributed by atoms with Gasteiger partial charge >= 0.3 is 0 Å². The van der Waals surface area contributed by atoms with Gasteiger partial charge in [0.15, 0.2) is 0 Å². The second kappa shape index (κ2) is 7.16. The Morgan fingerprint density at radius 2 is 2.08 bits per heavy atom. The molecule has 3 rings (SSSR count). The van der Waals surface area contributed by atoms with Gasteiger partial charge in [0, 0.05) is 10.3 Å². The van der Waals surface area contributed by atoms with Crippen molar-refractivity contribution < 1.29 is 4.79 Å². The van der Waals surface area contributed by atoms with Gasteiger partial charge in [-0.2, -0.15) is 5.26 Å². The van der Waals surface area contributed by atoms with Crippen LogP contribution in [0.15, 0.2) is 5.03 Å². The molecule has 0 aliphatic heterocycles. The first-order chi connectivity index (χ1) is 12.2. The summed E-state index contributed by atoms with van der Waals surface area (Å²) in [5, 5.41) is 14.0. The van der Waals surface area contributed by atoms with Crippen LogP contribution in [0.2, 0.25) is 0 Å². The predicted octanol–water partition coefficient (Wildman–Crippen LogP) is 4.02. The van der Waals surface area contributed by atoms with Crippen LogP contribution in [0.1, 0.15) is 50.4 Å². The number of fused-ring (bicyclic) bond motifs is 3. The topological polar surface area (TPSA) is 78.7 Å². The van der Waals surface area contributed by atoms with Crippen LogP contribution in [0.25, 0.3) is 10.2 Å². The fraction of sp³-hybridized carbons (Fsp3) is 0.579. The summed E-state index contributed by atoms with van der Waals surface area (Å²) in [7, 11) is 0. The molecular formula is C19H24N4OS2. The lowest BCUT2D eigenvalue weighted by molar-refractivity contribution is -0.121. The van der Waals surface area contributed by atoms with Crippen molar-refractivity contribution in [3.63, 3.8) is 0 Å². The summed E-state index contributed by atoms with van der Waals surface area (Å²) in [6, 6.07) is 2.23. The van der Waals surface area contributed by atoms with Crippen molar-refractivity contribution in [1.29, 1.82) is 5.26 Å². The highest BCUT2D eigenvalue weighted by molar-refractivity contribution is 8.00. The van der Waals surface area contributed by atoms with Crippen molar-refractivity contribution in [3.05, 3.63) is 16.3 Å². The molecule has 2 heterocycles. The zero-order valence-corrected chi connectivity index (χ0v) is 17.5. The standard InChI is InChI=1S/C19H24N4OS2/c1-10(2)19(5,9-20)23-16(24)11(3)25-17-15-13-7-6-8-14(13)26-18(15)22-12(4)21-17/h10-11H,6-8H2,1-5H3,(H,23,24)/t11-,19-/m1/s1. The molecule has 1 amide bonds. The van der Waals surface area contributed by atoms with Crippen LogP contribution in [0.3, 0.4) is 0 Å². The van der Waals surface area contributed by atoms with E-state index in [9.17, 15) is 10.1 Å². The summed E-state index contributed by atoms with van der Waals surface area (Å²) >= 11 is 3.22. The minimum atomic E-state index is -0.869. The molecule has 0 unspecified atom stereocenters. The van der Waals surface area contributed by atoms with Crippen LogP contribution in [0.5, 0.6) is 0 Å².